The molecular formula is C16H21N5. The number of hydrogen-bond donors (Lipinski definition) is 1. The summed E-state index contributed by atoms with van der Waals surface area (Å²) in [7, 11) is 1.94. The Morgan fingerprint density at radius 1 is 1.19 bits per heavy atom. The second kappa shape index (κ2) is 4.70. The van der Waals surface area contributed by atoms with Gasteiger partial charge in [-0.3, -0.25) is 4.68 Å². The van der Waals surface area contributed by atoms with Gasteiger partial charge in [0.15, 0.2) is 5.82 Å². The summed E-state index contributed by atoms with van der Waals surface area (Å²) in [5.74, 6) is 0.937. The normalized spacial score (nSPS) is 12.2. The number of nitrogens with zero attached hydrogens (tertiary/aromatic N) is 4. The van der Waals surface area contributed by atoms with Crippen molar-refractivity contribution >= 4 is 11.0 Å². The summed E-state index contributed by atoms with van der Waals surface area (Å²) >= 11 is 0. The molecule has 110 valence electrons. The highest BCUT2D eigenvalue weighted by atomic mass is 15.3. The lowest BCUT2D eigenvalue weighted by Crippen LogP contribution is -2.23. The molecule has 0 unspecified atom stereocenters. The van der Waals surface area contributed by atoms with Gasteiger partial charge in [-0.05, 0) is 44.5 Å². The molecule has 21 heavy (non-hydrogen) atoms. The summed E-state index contributed by atoms with van der Waals surface area (Å²) in [4.78, 5) is 4.84. The number of nitrogens with two attached hydrogens (primary N) is 1. The van der Waals surface area contributed by atoms with E-state index in [-0.39, 0.29) is 5.54 Å². The van der Waals surface area contributed by atoms with Crippen molar-refractivity contribution in [1.29, 1.82) is 0 Å². The van der Waals surface area contributed by atoms with E-state index in [4.69, 9.17) is 10.7 Å². The Morgan fingerprint density at radius 3 is 2.52 bits per heavy atom. The number of fused-ring (bicyclic) bond motifs is 1. The van der Waals surface area contributed by atoms with Gasteiger partial charge in [0.1, 0.15) is 5.69 Å². The molecule has 2 aromatic heterocycles. The molecule has 0 spiro atoms. The molecule has 0 aliphatic heterocycles. The summed E-state index contributed by atoms with van der Waals surface area (Å²) in [6, 6.07) is 8.24. The molecule has 2 N–H and O–H groups in total. The lowest BCUT2D eigenvalue weighted by atomic mass is 10.1. The fourth-order valence-corrected chi connectivity index (χ4v) is 2.70. The van der Waals surface area contributed by atoms with Crippen molar-refractivity contribution in [2.75, 3.05) is 0 Å². The largest absolute Gasteiger partial charge is 0.326 e. The van der Waals surface area contributed by atoms with Gasteiger partial charge in [-0.2, -0.15) is 5.10 Å². The van der Waals surface area contributed by atoms with Gasteiger partial charge >= 0.3 is 0 Å². The third-order valence-electron chi connectivity index (χ3n) is 3.68. The molecule has 0 atom stereocenters. The monoisotopic (exact) mass is 283 g/mol. The van der Waals surface area contributed by atoms with E-state index in [0.29, 0.717) is 6.54 Å². The van der Waals surface area contributed by atoms with E-state index in [0.717, 1.165) is 28.1 Å². The van der Waals surface area contributed by atoms with Crippen LogP contribution in [0.5, 0.6) is 0 Å². The third-order valence-corrected chi connectivity index (χ3v) is 3.68. The predicted molar refractivity (Wildman–Crippen MR) is 84.8 cm³/mol. The Balaban J connectivity index is 2.35. The van der Waals surface area contributed by atoms with Crippen molar-refractivity contribution < 1.29 is 0 Å². The number of benzene rings is 1. The maximum Gasteiger partial charge on any atom is 0.159 e. The molecule has 0 aliphatic rings. The zero-order valence-electron chi connectivity index (χ0n) is 13.0. The molecule has 2 heterocycles. The zero-order chi connectivity index (χ0) is 15.2. The van der Waals surface area contributed by atoms with Gasteiger partial charge in [0.25, 0.3) is 0 Å². The second-order valence-corrected chi connectivity index (χ2v) is 6.31. The van der Waals surface area contributed by atoms with Gasteiger partial charge in [0, 0.05) is 25.3 Å². The first-order valence-electron chi connectivity index (χ1n) is 7.12. The highest BCUT2D eigenvalue weighted by Crippen LogP contribution is 2.31. The van der Waals surface area contributed by atoms with Crippen molar-refractivity contribution in [3.05, 3.63) is 36.0 Å². The molecule has 5 heteroatoms. The van der Waals surface area contributed by atoms with Crippen molar-refractivity contribution in [3.63, 3.8) is 0 Å². The molecule has 5 nitrogen and oxygen atoms in total. The SMILES string of the molecule is Cn1nccc1-c1nc2cc(CN)ccc2n1C(C)(C)C. The van der Waals surface area contributed by atoms with Gasteiger partial charge < -0.3 is 10.3 Å². The van der Waals surface area contributed by atoms with Crippen molar-refractivity contribution in [2.24, 2.45) is 12.8 Å². The lowest BCUT2D eigenvalue weighted by Gasteiger charge is -2.24. The predicted octanol–water partition coefficient (Wildman–Crippen LogP) is 2.65. The molecule has 0 radical (unpaired) electrons. The topological polar surface area (TPSA) is 61.7 Å². The number of rotatable bonds is 2. The lowest BCUT2D eigenvalue weighted by molar-refractivity contribution is 0.412. The molecule has 3 aromatic rings. The fraction of sp³-hybridized carbons (Fsp3) is 0.375. The number of hydrogen-bond acceptors (Lipinski definition) is 3. The Labute approximate surface area is 124 Å². The van der Waals surface area contributed by atoms with E-state index in [1.54, 1.807) is 6.20 Å². The Hall–Kier alpha value is -2.14. The van der Waals surface area contributed by atoms with E-state index >= 15 is 0 Å². The van der Waals surface area contributed by atoms with E-state index in [9.17, 15) is 0 Å². The summed E-state index contributed by atoms with van der Waals surface area (Å²) in [5.41, 5.74) is 9.87. The first kappa shape index (κ1) is 13.8. The van der Waals surface area contributed by atoms with Crippen LogP contribution in [0.4, 0.5) is 0 Å². The Kier molecular flexibility index (Phi) is 3.10. The van der Waals surface area contributed by atoms with Crippen LogP contribution >= 0.6 is 0 Å². The molecule has 0 aliphatic carbocycles. The van der Waals surface area contributed by atoms with E-state index in [2.05, 4.69) is 48.6 Å². The van der Waals surface area contributed by atoms with Gasteiger partial charge in [0.2, 0.25) is 0 Å². The number of imidazole rings is 1. The van der Waals surface area contributed by atoms with E-state index in [1.807, 2.05) is 17.8 Å². The van der Waals surface area contributed by atoms with Crippen LogP contribution in [0.3, 0.4) is 0 Å². The first-order valence-corrected chi connectivity index (χ1v) is 7.12. The minimum Gasteiger partial charge on any atom is -0.326 e. The van der Waals surface area contributed by atoms with E-state index < -0.39 is 0 Å². The summed E-state index contributed by atoms with van der Waals surface area (Å²) < 4.78 is 4.12. The molecule has 0 saturated heterocycles. The van der Waals surface area contributed by atoms with Crippen LogP contribution in [0.15, 0.2) is 30.5 Å². The van der Waals surface area contributed by atoms with Gasteiger partial charge in [-0.15, -0.1) is 0 Å². The van der Waals surface area contributed by atoms with Crippen LogP contribution in [0, 0.1) is 0 Å². The molecule has 0 bridgehead atoms. The third kappa shape index (κ3) is 2.23. The highest BCUT2D eigenvalue weighted by molar-refractivity contribution is 5.81. The second-order valence-electron chi connectivity index (χ2n) is 6.31. The fourth-order valence-electron chi connectivity index (χ4n) is 2.70. The van der Waals surface area contributed by atoms with Crippen LogP contribution in [-0.2, 0) is 19.1 Å². The van der Waals surface area contributed by atoms with Crippen LogP contribution in [0.1, 0.15) is 26.3 Å². The average molecular weight is 283 g/mol. The van der Waals surface area contributed by atoms with Crippen LogP contribution < -0.4 is 5.73 Å². The standard InChI is InChI=1S/C16H21N5/c1-16(2,3)21-13-6-5-11(10-17)9-12(13)19-15(21)14-7-8-18-20(14)4/h5-9H,10,17H2,1-4H3. The van der Waals surface area contributed by atoms with Gasteiger partial charge in [0.05, 0.1) is 11.0 Å². The Bertz CT molecular complexity index is 789. The van der Waals surface area contributed by atoms with Gasteiger partial charge in [-0.1, -0.05) is 6.07 Å². The molecule has 0 fully saturated rings. The van der Waals surface area contributed by atoms with Crippen LogP contribution in [-0.4, -0.2) is 19.3 Å². The van der Waals surface area contributed by atoms with Gasteiger partial charge in [-0.25, -0.2) is 4.98 Å². The number of aryl methyl sites for hydroxylation is 1. The van der Waals surface area contributed by atoms with Crippen molar-refractivity contribution in [2.45, 2.75) is 32.9 Å². The number of aromatic nitrogens is 4. The summed E-state index contributed by atoms with van der Waals surface area (Å²) in [5, 5.41) is 4.26. The molecule has 1 aromatic carbocycles. The minimum atomic E-state index is -0.0708. The molecule has 0 amide bonds. The zero-order valence-corrected chi connectivity index (χ0v) is 13.0. The molecule has 0 saturated carbocycles. The van der Waals surface area contributed by atoms with Crippen LogP contribution in [0.2, 0.25) is 0 Å². The van der Waals surface area contributed by atoms with E-state index in [1.165, 1.54) is 0 Å². The van der Waals surface area contributed by atoms with Crippen LogP contribution in [0.25, 0.3) is 22.6 Å². The van der Waals surface area contributed by atoms with Crippen molar-refractivity contribution in [1.82, 2.24) is 19.3 Å². The quantitative estimate of drug-likeness (QED) is 0.786. The van der Waals surface area contributed by atoms with Crippen molar-refractivity contribution in [3.8, 4) is 11.5 Å². The first-order chi connectivity index (χ1) is 9.91. The Morgan fingerprint density at radius 2 is 1.95 bits per heavy atom. The maximum atomic E-state index is 5.74. The highest BCUT2D eigenvalue weighted by Gasteiger charge is 2.23. The smallest absolute Gasteiger partial charge is 0.159 e. The average Bonchev–Trinajstić information content (AvgIpc) is 2.99. The summed E-state index contributed by atoms with van der Waals surface area (Å²) in [6.07, 6.45) is 1.80. The maximum absolute atomic E-state index is 5.74. The molecule has 3 rings (SSSR count). The summed E-state index contributed by atoms with van der Waals surface area (Å²) in [6.45, 7) is 7.08. The minimum absolute atomic E-state index is 0.0708. The molecular weight excluding hydrogens is 262 g/mol.